The van der Waals surface area contributed by atoms with Crippen molar-refractivity contribution in [2.75, 3.05) is 18.8 Å². The van der Waals surface area contributed by atoms with Crippen LogP contribution in [0.5, 0.6) is 0 Å². The van der Waals surface area contributed by atoms with E-state index < -0.39 is 0 Å². The lowest BCUT2D eigenvalue weighted by atomic mass is 10.4. The van der Waals surface area contributed by atoms with Crippen molar-refractivity contribution in [1.29, 1.82) is 0 Å². The van der Waals surface area contributed by atoms with Crippen LogP contribution in [0.25, 0.3) is 0 Å². The van der Waals surface area contributed by atoms with E-state index in [9.17, 15) is 4.79 Å². The number of nitrogens with two attached hydrogens (primary N) is 1. The second-order valence-corrected chi connectivity index (χ2v) is 5.06. The van der Waals surface area contributed by atoms with E-state index in [2.05, 4.69) is 10.2 Å². The summed E-state index contributed by atoms with van der Waals surface area (Å²) in [5, 5.41) is 8.91. The van der Waals surface area contributed by atoms with Gasteiger partial charge in [0.15, 0.2) is 5.16 Å². The third-order valence-corrected chi connectivity index (χ3v) is 3.87. The third kappa shape index (κ3) is 3.37. The van der Waals surface area contributed by atoms with Crippen LogP contribution in [0.4, 0.5) is 0 Å². The molecule has 8 heteroatoms. The fourth-order valence-corrected chi connectivity index (χ4v) is 2.73. The molecule has 2 heterocycles. The molecule has 2 rings (SSSR count). The summed E-state index contributed by atoms with van der Waals surface area (Å²) in [5.74, 6) is 1.90. The van der Waals surface area contributed by atoms with E-state index in [1.807, 2.05) is 16.5 Å². The van der Waals surface area contributed by atoms with Gasteiger partial charge in [0.05, 0.1) is 6.54 Å². The minimum atomic E-state index is 0. The monoisotopic (exact) mass is 291 g/mol. The van der Waals surface area contributed by atoms with Gasteiger partial charge in [0.25, 0.3) is 0 Å². The number of hydrogen-bond donors (Lipinski definition) is 1. The summed E-state index contributed by atoms with van der Waals surface area (Å²) in [6.45, 7) is 2.08. The zero-order chi connectivity index (χ0) is 12.3. The minimum Gasteiger partial charge on any atom is -0.342 e. The molecule has 0 saturated carbocycles. The Balaban J connectivity index is 0.00000162. The van der Waals surface area contributed by atoms with Gasteiger partial charge in [-0.25, -0.2) is 0 Å². The van der Waals surface area contributed by atoms with Crippen molar-refractivity contribution in [3.8, 4) is 0 Å². The Morgan fingerprint density at radius 2 is 2.22 bits per heavy atom. The molecule has 0 atom stereocenters. The number of aromatic nitrogens is 3. The first-order chi connectivity index (χ1) is 8.22. The number of thioether (sulfide) groups is 1. The smallest absolute Gasteiger partial charge is 0.222 e. The average Bonchev–Trinajstić information content (AvgIpc) is 2.87. The minimum absolute atomic E-state index is 0. The maximum atomic E-state index is 11.4. The first-order valence-corrected chi connectivity index (χ1v) is 6.70. The summed E-state index contributed by atoms with van der Waals surface area (Å²) in [6.07, 6.45) is 1.69. The van der Waals surface area contributed by atoms with Gasteiger partial charge >= 0.3 is 0 Å². The lowest BCUT2D eigenvalue weighted by molar-refractivity contribution is -0.127. The normalized spacial score (nSPS) is 15.0. The van der Waals surface area contributed by atoms with E-state index in [-0.39, 0.29) is 18.3 Å². The van der Waals surface area contributed by atoms with Crippen molar-refractivity contribution in [3.63, 3.8) is 0 Å². The van der Waals surface area contributed by atoms with Crippen LogP contribution in [-0.2, 0) is 18.4 Å². The number of rotatable bonds is 5. The summed E-state index contributed by atoms with van der Waals surface area (Å²) in [4.78, 5) is 13.3. The van der Waals surface area contributed by atoms with Gasteiger partial charge in [-0.15, -0.1) is 22.6 Å². The first-order valence-electron chi connectivity index (χ1n) is 5.71. The Labute approximate surface area is 117 Å². The zero-order valence-corrected chi connectivity index (χ0v) is 12.0. The van der Waals surface area contributed by atoms with Gasteiger partial charge in [-0.1, -0.05) is 11.8 Å². The van der Waals surface area contributed by atoms with Crippen molar-refractivity contribution in [2.24, 2.45) is 12.8 Å². The van der Waals surface area contributed by atoms with E-state index >= 15 is 0 Å². The van der Waals surface area contributed by atoms with E-state index in [0.29, 0.717) is 13.0 Å². The van der Waals surface area contributed by atoms with Crippen LogP contribution in [0.15, 0.2) is 5.16 Å². The molecule has 1 saturated heterocycles. The molecule has 102 valence electrons. The molecular formula is C10H18ClN5OS. The maximum absolute atomic E-state index is 11.4. The molecule has 0 aliphatic carbocycles. The van der Waals surface area contributed by atoms with E-state index in [1.165, 1.54) is 0 Å². The van der Waals surface area contributed by atoms with Gasteiger partial charge in [-0.2, -0.15) is 0 Å². The summed E-state index contributed by atoms with van der Waals surface area (Å²) >= 11 is 1.61. The van der Waals surface area contributed by atoms with Crippen molar-refractivity contribution in [2.45, 2.75) is 24.5 Å². The highest BCUT2D eigenvalue weighted by atomic mass is 35.5. The SMILES string of the molecule is Cl.Cn1c(CN)nnc1SCCN1CCCC1=O. The van der Waals surface area contributed by atoms with Crippen molar-refractivity contribution in [1.82, 2.24) is 19.7 Å². The molecule has 0 bridgehead atoms. The largest absolute Gasteiger partial charge is 0.342 e. The summed E-state index contributed by atoms with van der Waals surface area (Å²) < 4.78 is 1.90. The first kappa shape index (κ1) is 15.3. The molecule has 1 aromatic heterocycles. The lowest BCUT2D eigenvalue weighted by Crippen LogP contribution is -2.27. The summed E-state index contributed by atoms with van der Waals surface area (Å²) in [5.41, 5.74) is 5.52. The van der Waals surface area contributed by atoms with Crippen LogP contribution in [0, 0.1) is 0 Å². The maximum Gasteiger partial charge on any atom is 0.222 e. The zero-order valence-electron chi connectivity index (χ0n) is 10.3. The number of halogens is 1. The predicted molar refractivity (Wildman–Crippen MR) is 72.7 cm³/mol. The predicted octanol–water partition coefficient (Wildman–Crippen LogP) is 0.410. The van der Waals surface area contributed by atoms with Gasteiger partial charge in [0.2, 0.25) is 5.91 Å². The molecule has 1 amide bonds. The van der Waals surface area contributed by atoms with Gasteiger partial charge in [-0.05, 0) is 6.42 Å². The number of nitrogens with zero attached hydrogens (tertiary/aromatic N) is 4. The number of carbonyl (C=O) groups is 1. The third-order valence-electron chi connectivity index (χ3n) is 2.87. The standard InChI is InChI=1S/C10H17N5OS.ClH/c1-14-8(7-11)12-13-10(14)17-6-5-15-4-2-3-9(15)16;/h2-7,11H2,1H3;1H. The Bertz CT molecular complexity index is 411. The highest BCUT2D eigenvalue weighted by Crippen LogP contribution is 2.17. The highest BCUT2D eigenvalue weighted by molar-refractivity contribution is 7.99. The van der Waals surface area contributed by atoms with Gasteiger partial charge in [0, 0.05) is 32.3 Å². The quantitative estimate of drug-likeness (QED) is 0.795. The molecule has 1 aromatic rings. The number of hydrogen-bond acceptors (Lipinski definition) is 5. The number of carbonyl (C=O) groups excluding carboxylic acids is 1. The van der Waals surface area contributed by atoms with E-state index in [1.54, 1.807) is 11.8 Å². The molecule has 0 radical (unpaired) electrons. The van der Waals surface area contributed by atoms with Crippen LogP contribution < -0.4 is 5.73 Å². The Kier molecular flexibility index (Phi) is 5.90. The molecule has 6 nitrogen and oxygen atoms in total. The molecule has 0 aromatic carbocycles. The molecule has 1 fully saturated rings. The summed E-state index contributed by atoms with van der Waals surface area (Å²) in [6, 6.07) is 0. The van der Waals surface area contributed by atoms with Crippen LogP contribution in [0.2, 0.25) is 0 Å². The molecule has 18 heavy (non-hydrogen) atoms. The topological polar surface area (TPSA) is 77.0 Å². The Morgan fingerprint density at radius 3 is 2.78 bits per heavy atom. The number of likely N-dealkylation sites (tertiary alicyclic amines) is 1. The van der Waals surface area contributed by atoms with E-state index in [4.69, 9.17) is 5.73 Å². The fraction of sp³-hybridized carbons (Fsp3) is 0.700. The van der Waals surface area contributed by atoms with Crippen LogP contribution >= 0.6 is 24.2 Å². The van der Waals surface area contributed by atoms with Crippen LogP contribution in [0.1, 0.15) is 18.7 Å². The summed E-state index contributed by atoms with van der Waals surface area (Å²) in [7, 11) is 1.91. The van der Waals surface area contributed by atoms with Gasteiger partial charge in [0.1, 0.15) is 5.82 Å². The van der Waals surface area contributed by atoms with Gasteiger partial charge in [-0.3, -0.25) is 4.79 Å². The lowest BCUT2D eigenvalue weighted by Gasteiger charge is -2.14. The molecule has 0 spiro atoms. The van der Waals surface area contributed by atoms with E-state index in [0.717, 1.165) is 36.2 Å². The van der Waals surface area contributed by atoms with Crippen molar-refractivity contribution < 1.29 is 4.79 Å². The highest BCUT2D eigenvalue weighted by Gasteiger charge is 2.19. The Hall–Kier alpha value is -0.790. The van der Waals surface area contributed by atoms with Crippen molar-refractivity contribution >= 4 is 30.1 Å². The van der Waals surface area contributed by atoms with Gasteiger partial charge < -0.3 is 15.2 Å². The Morgan fingerprint density at radius 1 is 1.44 bits per heavy atom. The molecule has 2 N–H and O–H groups in total. The van der Waals surface area contributed by atoms with Crippen LogP contribution in [-0.4, -0.2) is 44.4 Å². The molecule has 1 aliphatic heterocycles. The second-order valence-electron chi connectivity index (χ2n) is 3.99. The number of amides is 1. The fourth-order valence-electron chi connectivity index (χ4n) is 1.84. The van der Waals surface area contributed by atoms with Crippen molar-refractivity contribution in [3.05, 3.63) is 5.82 Å². The molecular weight excluding hydrogens is 274 g/mol. The second kappa shape index (κ2) is 6.96. The molecule has 0 unspecified atom stereocenters. The molecule has 1 aliphatic rings. The average molecular weight is 292 g/mol. The van der Waals surface area contributed by atoms with Crippen LogP contribution in [0.3, 0.4) is 0 Å².